The smallest absolute Gasteiger partial charge is 0.202 e. The second kappa shape index (κ2) is 2.29. The fraction of sp³-hybridized carbons (Fsp3) is 0.143. The molecule has 1 heterocycles. The van der Waals surface area contributed by atoms with E-state index in [0.29, 0.717) is 5.02 Å². The molecule has 0 saturated heterocycles. The van der Waals surface area contributed by atoms with Crippen molar-refractivity contribution in [1.29, 1.82) is 0 Å². The summed E-state index contributed by atoms with van der Waals surface area (Å²) >= 11 is 5.72. The number of hydrogen-bond acceptors (Lipinski definition) is 3. The van der Waals surface area contributed by atoms with Crippen LogP contribution >= 0.6 is 11.6 Å². The second-order valence-corrected chi connectivity index (χ2v) is 2.82. The van der Waals surface area contributed by atoms with Gasteiger partial charge in [-0.25, -0.2) is 0 Å². The Kier molecular flexibility index (Phi) is 1.41. The van der Waals surface area contributed by atoms with Crippen LogP contribution < -0.4 is 10.6 Å². The van der Waals surface area contributed by atoms with Gasteiger partial charge in [0.2, 0.25) is 6.35 Å². The van der Waals surface area contributed by atoms with Gasteiger partial charge in [-0.1, -0.05) is 11.6 Å². The molecule has 0 fully saturated rings. The van der Waals surface area contributed by atoms with E-state index in [2.05, 4.69) is 10.6 Å². The van der Waals surface area contributed by atoms with Gasteiger partial charge in [0.15, 0.2) is 0 Å². The molecule has 0 aromatic heterocycles. The lowest BCUT2D eigenvalue weighted by atomic mass is 10.3. The molecule has 3 nitrogen and oxygen atoms in total. The number of rotatable bonds is 0. The maximum absolute atomic E-state index is 9.08. The van der Waals surface area contributed by atoms with Crippen LogP contribution in [0.4, 0.5) is 11.4 Å². The summed E-state index contributed by atoms with van der Waals surface area (Å²) in [7, 11) is 0. The van der Waals surface area contributed by atoms with Gasteiger partial charge in [-0.3, -0.25) is 0 Å². The third-order valence-electron chi connectivity index (χ3n) is 1.57. The minimum Gasteiger partial charge on any atom is -0.357 e. The largest absolute Gasteiger partial charge is 0.357 e. The van der Waals surface area contributed by atoms with Crippen LogP contribution in [0.3, 0.4) is 0 Å². The van der Waals surface area contributed by atoms with Gasteiger partial charge in [0, 0.05) is 5.02 Å². The van der Waals surface area contributed by atoms with E-state index in [4.69, 9.17) is 16.7 Å². The predicted octanol–water partition coefficient (Wildman–Crippen LogP) is 1.45. The molecular weight excluding hydrogens is 164 g/mol. The Balaban J connectivity index is 2.43. The number of aliphatic hydroxyl groups excluding tert-OH is 1. The topological polar surface area (TPSA) is 44.3 Å². The van der Waals surface area contributed by atoms with E-state index in [1.165, 1.54) is 0 Å². The lowest BCUT2D eigenvalue weighted by molar-refractivity contribution is 0.238. The van der Waals surface area contributed by atoms with Crippen LogP contribution in [0.15, 0.2) is 18.2 Å². The summed E-state index contributed by atoms with van der Waals surface area (Å²) in [6, 6.07) is 5.36. The average molecular weight is 171 g/mol. The molecule has 0 radical (unpaired) electrons. The van der Waals surface area contributed by atoms with E-state index in [0.717, 1.165) is 11.4 Å². The van der Waals surface area contributed by atoms with Crippen molar-refractivity contribution in [3.05, 3.63) is 23.2 Å². The lowest BCUT2D eigenvalue weighted by Gasteiger charge is -2.00. The molecule has 58 valence electrons. The zero-order valence-electron chi connectivity index (χ0n) is 5.63. The van der Waals surface area contributed by atoms with Gasteiger partial charge in [0.05, 0.1) is 11.4 Å². The first-order chi connectivity index (χ1) is 5.25. The van der Waals surface area contributed by atoms with Gasteiger partial charge in [0.25, 0.3) is 0 Å². The molecule has 1 aromatic rings. The van der Waals surface area contributed by atoms with Crippen LogP contribution in [0.2, 0.25) is 5.02 Å². The van der Waals surface area contributed by atoms with E-state index in [1.54, 1.807) is 12.1 Å². The van der Waals surface area contributed by atoms with E-state index >= 15 is 0 Å². The van der Waals surface area contributed by atoms with Gasteiger partial charge in [-0.05, 0) is 18.2 Å². The summed E-state index contributed by atoms with van der Waals surface area (Å²) < 4.78 is 0. The molecule has 1 aromatic carbocycles. The van der Waals surface area contributed by atoms with Crippen molar-refractivity contribution < 1.29 is 5.11 Å². The monoisotopic (exact) mass is 170 g/mol. The normalized spacial score (nSPS) is 20.4. The molecule has 1 atom stereocenters. The van der Waals surface area contributed by atoms with Gasteiger partial charge < -0.3 is 15.7 Å². The highest BCUT2D eigenvalue weighted by Crippen LogP contribution is 2.30. The van der Waals surface area contributed by atoms with Crippen molar-refractivity contribution in [3.63, 3.8) is 0 Å². The van der Waals surface area contributed by atoms with Crippen LogP contribution in [0.25, 0.3) is 0 Å². The Hall–Kier alpha value is -0.930. The number of anilines is 2. The van der Waals surface area contributed by atoms with Crippen molar-refractivity contribution in [1.82, 2.24) is 0 Å². The molecule has 1 aliphatic rings. The van der Waals surface area contributed by atoms with Gasteiger partial charge in [0.1, 0.15) is 0 Å². The van der Waals surface area contributed by atoms with Crippen LogP contribution in [0, 0.1) is 0 Å². The lowest BCUT2D eigenvalue weighted by Crippen LogP contribution is -2.20. The van der Waals surface area contributed by atoms with Crippen molar-refractivity contribution in [2.45, 2.75) is 6.35 Å². The van der Waals surface area contributed by atoms with Crippen molar-refractivity contribution >= 4 is 23.0 Å². The highest BCUT2D eigenvalue weighted by Gasteiger charge is 2.15. The molecule has 0 aliphatic carbocycles. The fourth-order valence-corrected chi connectivity index (χ4v) is 1.26. The third kappa shape index (κ3) is 1.13. The van der Waals surface area contributed by atoms with Crippen molar-refractivity contribution in [3.8, 4) is 0 Å². The number of halogens is 1. The summed E-state index contributed by atoms with van der Waals surface area (Å²) in [5.41, 5.74) is 1.71. The van der Waals surface area contributed by atoms with E-state index in [-0.39, 0.29) is 0 Å². The molecule has 3 N–H and O–H groups in total. The van der Waals surface area contributed by atoms with Crippen molar-refractivity contribution in [2.75, 3.05) is 10.6 Å². The Bertz CT molecular complexity index is 290. The minimum absolute atomic E-state index is 0.659. The molecule has 0 amide bonds. The van der Waals surface area contributed by atoms with Crippen LogP contribution in [0.1, 0.15) is 0 Å². The SMILES string of the molecule is OC1Nc2ccc(Cl)cc2N1. The fourth-order valence-electron chi connectivity index (χ4n) is 1.09. The van der Waals surface area contributed by atoms with Crippen LogP contribution in [-0.4, -0.2) is 11.5 Å². The minimum atomic E-state index is -0.691. The summed E-state index contributed by atoms with van der Waals surface area (Å²) in [6.45, 7) is 0. The predicted molar refractivity (Wildman–Crippen MR) is 44.7 cm³/mol. The summed E-state index contributed by atoms with van der Waals surface area (Å²) in [6.07, 6.45) is -0.691. The summed E-state index contributed by atoms with van der Waals surface area (Å²) in [4.78, 5) is 0. The Morgan fingerprint density at radius 2 is 2.00 bits per heavy atom. The third-order valence-corrected chi connectivity index (χ3v) is 1.80. The number of aliphatic hydroxyl groups is 1. The molecule has 0 bridgehead atoms. The van der Waals surface area contributed by atoms with Crippen molar-refractivity contribution in [2.24, 2.45) is 0 Å². The van der Waals surface area contributed by atoms with E-state index in [9.17, 15) is 0 Å². The molecular formula is C7H7ClN2O. The molecule has 2 rings (SSSR count). The Morgan fingerprint density at radius 3 is 2.82 bits per heavy atom. The average Bonchev–Trinajstić information content (AvgIpc) is 2.27. The summed E-state index contributed by atoms with van der Waals surface area (Å²) in [5, 5.41) is 15.3. The maximum Gasteiger partial charge on any atom is 0.202 e. The number of fused-ring (bicyclic) bond motifs is 1. The Morgan fingerprint density at radius 1 is 1.27 bits per heavy atom. The van der Waals surface area contributed by atoms with Crippen LogP contribution in [-0.2, 0) is 0 Å². The molecule has 1 unspecified atom stereocenters. The zero-order valence-corrected chi connectivity index (χ0v) is 6.39. The van der Waals surface area contributed by atoms with E-state index in [1.807, 2.05) is 6.07 Å². The first kappa shape index (κ1) is 6.76. The quantitative estimate of drug-likeness (QED) is 0.552. The highest BCUT2D eigenvalue weighted by molar-refractivity contribution is 6.31. The number of benzene rings is 1. The van der Waals surface area contributed by atoms with Gasteiger partial charge in [-0.2, -0.15) is 0 Å². The second-order valence-electron chi connectivity index (χ2n) is 2.38. The molecule has 4 heteroatoms. The molecule has 0 spiro atoms. The van der Waals surface area contributed by atoms with Gasteiger partial charge in [-0.15, -0.1) is 0 Å². The standard InChI is InChI=1S/C7H7ClN2O/c8-4-1-2-5-6(3-4)10-7(11)9-5/h1-3,7,9-11H. The first-order valence-electron chi connectivity index (χ1n) is 3.26. The molecule has 0 saturated carbocycles. The Labute approximate surface area is 69.0 Å². The first-order valence-corrected chi connectivity index (χ1v) is 3.64. The zero-order chi connectivity index (χ0) is 7.84. The molecule has 11 heavy (non-hydrogen) atoms. The summed E-state index contributed by atoms with van der Waals surface area (Å²) in [5.74, 6) is 0. The number of nitrogens with one attached hydrogen (secondary N) is 2. The maximum atomic E-state index is 9.08. The number of hydrogen-bond donors (Lipinski definition) is 3. The van der Waals surface area contributed by atoms with Crippen LogP contribution in [0.5, 0.6) is 0 Å². The molecule has 1 aliphatic heterocycles. The van der Waals surface area contributed by atoms with Gasteiger partial charge >= 0.3 is 0 Å². The highest BCUT2D eigenvalue weighted by atomic mass is 35.5. The van der Waals surface area contributed by atoms with E-state index < -0.39 is 6.35 Å².